The van der Waals surface area contributed by atoms with Gasteiger partial charge in [-0.05, 0) is 35.7 Å². The Bertz CT molecular complexity index is 904. The predicted molar refractivity (Wildman–Crippen MR) is 101 cm³/mol. The van der Waals surface area contributed by atoms with Gasteiger partial charge in [0.2, 0.25) is 0 Å². The number of carbonyl (C=O) groups is 1. The number of fused-ring (bicyclic) bond motifs is 1. The fourth-order valence-corrected chi connectivity index (χ4v) is 3.01. The molecule has 0 atom stereocenters. The first kappa shape index (κ1) is 16.6. The second kappa shape index (κ2) is 6.71. The first-order valence-electron chi connectivity index (χ1n) is 7.71. The van der Waals surface area contributed by atoms with Crippen molar-refractivity contribution in [3.63, 3.8) is 0 Å². The van der Waals surface area contributed by atoms with Crippen molar-refractivity contribution in [2.24, 2.45) is 5.84 Å². The third-order valence-electron chi connectivity index (χ3n) is 4.02. The Morgan fingerprint density at radius 3 is 2.46 bits per heavy atom. The molecule has 122 valence electrons. The number of rotatable bonds is 3. The van der Waals surface area contributed by atoms with Gasteiger partial charge in [0.05, 0.1) is 16.8 Å². The van der Waals surface area contributed by atoms with Crippen LogP contribution in [0, 0.1) is 0 Å². The zero-order valence-corrected chi connectivity index (χ0v) is 15.1. The number of nitrogen functional groups attached to an aromatic ring is 1. The van der Waals surface area contributed by atoms with E-state index in [0.717, 1.165) is 26.6 Å². The summed E-state index contributed by atoms with van der Waals surface area (Å²) in [7, 11) is 0. The third-order valence-corrected chi connectivity index (χ3v) is 4.51. The third kappa shape index (κ3) is 3.18. The summed E-state index contributed by atoms with van der Waals surface area (Å²) >= 11 is 3.43. The van der Waals surface area contributed by atoms with E-state index in [2.05, 4.69) is 47.3 Å². The van der Waals surface area contributed by atoms with Gasteiger partial charge in [0.25, 0.3) is 5.91 Å². The number of nitrogens with one attached hydrogen (secondary N) is 1. The van der Waals surface area contributed by atoms with Crippen molar-refractivity contribution < 1.29 is 4.79 Å². The van der Waals surface area contributed by atoms with Gasteiger partial charge in [-0.25, -0.2) is 10.8 Å². The molecule has 3 rings (SSSR count). The molecule has 0 spiro atoms. The van der Waals surface area contributed by atoms with Crippen molar-refractivity contribution in [2.45, 2.75) is 19.8 Å². The fourth-order valence-electron chi connectivity index (χ4n) is 2.65. The number of hydrogen-bond donors (Lipinski definition) is 2. The summed E-state index contributed by atoms with van der Waals surface area (Å²) < 4.78 is 0.886. The molecule has 0 aliphatic rings. The van der Waals surface area contributed by atoms with Gasteiger partial charge in [-0.1, -0.05) is 54.0 Å². The molecule has 0 aliphatic carbocycles. The van der Waals surface area contributed by atoms with Gasteiger partial charge < -0.3 is 0 Å². The lowest BCUT2D eigenvalue weighted by atomic mass is 9.99. The average molecular weight is 384 g/mol. The zero-order chi connectivity index (χ0) is 17.3. The molecule has 3 aromatic rings. The van der Waals surface area contributed by atoms with E-state index in [-0.39, 0.29) is 5.91 Å². The van der Waals surface area contributed by atoms with Gasteiger partial charge in [-0.15, -0.1) is 0 Å². The second-order valence-corrected chi connectivity index (χ2v) is 6.88. The van der Waals surface area contributed by atoms with Crippen LogP contribution in [0.2, 0.25) is 0 Å². The number of benzene rings is 2. The smallest absolute Gasteiger partial charge is 0.265 e. The molecule has 0 bridgehead atoms. The lowest BCUT2D eigenvalue weighted by molar-refractivity contribution is 0.0955. The highest BCUT2D eigenvalue weighted by atomic mass is 79.9. The van der Waals surface area contributed by atoms with Crippen LogP contribution in [-0.2, 0) is 0 Å². The number of pyridine rings is 1. The molecule has 0 aliphatic heterocycles. The molecular formula is C19H18BrN3O. The van der Waals surface area contributed by atoms with Crippen LogP contribution in [0.25, 0.3) is 22.2 Å². The highest BCUT2D eigenvalue weighted by molar-refractivity contribution is 9.10. The maximum atomic E-state index is 12.2. The minimum Gasteiger partial charge on any atom is -0.290 e. The number of hydrazine groups is 1. The standard InChI is InChI=1S/C19H18BrN3O/c1-11(2)12-3-5-13(6-4-12)18-10-16(19(24)23-21)15-9-14(20)7-8-17(15)22-18/h3-11H,21H2,1-2H3,(H,23,24). The van der Waals surface area contributed by atoms with Crippen LogP contribution in [0.15, 0.2) is 53.0 Å². The number of amides is 1. The summed E-state index contributed by atoms with van der Waals surface area (Å²) in [4.78, 5) is 16.9. The zero-order valence-electron chi connectivity index (χ0n) is 13.5. The van der Waals surface area contributed by atoms with E-state index in [9.17, 15) is 4.79 Å². The number of halogens is 1. The largest absolute Gasteiger partial charge is 0.290 e. The van der Waals surface area contributed by atoms with Crippen LogP contribution in [0.1, 0.15) is 35.7 Å². The topological polar surface area (TPSA) is 68.0 Å². The molecule has 0 saturated heterocycles. The molecular weight excluding hydrogens is 366 g/mol. The first-order valence-corrected chi connectivity index (χ1v) is 8.50. The number of carbonyl (C=O) groups excluding carboxylic acids is 1. The van der Waals surface area contributed by atoms with Crippen molar-refractivity contribution in [3.8, 4) is 11.3 Å². The predicted octanol–water partition coefficient (Wildman–Crippen LogP) is 4.39. The van der Waals surface area contributed by atoms with Gasteiger partial charge in [-0.3, -0.25) is 10.2 Å². The molecule has 3 N–H and O–H groups in total. The van der Waals surface area contributed by atoms with Crippen molar-refractivity contribution in [2.75, 3.05) is 0 Å². The number of nitrogens with zero attached hydrogens (tertiary/aromatic N) is 1. The molecule has 24 heavy (non-hydrogen) atoms. The maximum absolute atomic E-state index is 12.2. The molecule has 1 amide bonds. The molecule has 1 aromatic heterocycles. The van der Waals surface area contributed by atoms with Gasteiger partial charge in [-0.2, -0.15) is 0 Å². The normalized spacial score (nSPS) is 11.0. The molecule has 2 aromatic carbocycles. The molecule has 0 saturated carbocycles. The van der Waals surface area contributed by atoms with Crippen LogP contribution in [0.5, 0.6) is 0 Å². The molecule has 5 heteroatoms. The number of nitrogens with two attached hydrogens (primary N) is 1. The summed E-state index contributed by atoms with van der Waals surface area (Å²) in [5, 5.41) is 0.759. The summed E-state index contributed by atoms with van der Waals surface area (Å²) in [6, 6.07) is 15.7. The Hall–Kier alpha value is -2.24. The highest BCUT2D eigenvalue weighted by Gasteiger charge is 2.14. The van der Waals surface area contributed by atoms with Crippen LogP contribution < -0.4 is 11.3 Å². The maximum Gasteiger partial charge on any atom is 0.265 e. The van der Waals surface area contributed by atoms with E-state index in [4.69, 9.17) is 10.8 Å². The Morgan fingerprint density at radius 1 is 1.12 bits per heavy atom. The average Bonchev–Trinajstić information content (AvgIpc) is 2.60. The summed E-state index contributed by atoms with van der Waals surface area (Å²) in [6.07, 6.45) is 0. The van der Waals surface area contributed by atoms with Crippen molar-refractivity contribution in [3.05, 3.63) is 64.1 Å². The van der Waals surface area contributed by atoms with Crippen molar-refractivity contribution in [1.82, 2.24) is 10.4 Å². The fraction of sp³-hybridized carbons (Fsp3) is 0.158. The van der Waals surface area contributed by atoms with Crippen molar-refractivity contribution in [1.29, 1.82) is 0 Å². The Balaban J connectivity index is 2.18. The van der Waals surface area contributed by atoms with Gasteiger partial charge in [0.1, 0.15) is 0 Å². The van der Waals surface area contributed by atoms with Crippen LogP contribution in [0.4, 0.5) is 0 Å². The molecule has 0 radical (unpaired) electrons. The molecule has 0 fully saturated rings. The Labute approximate surface area is 149 Å². The van der Waals surface area contributed by atoms with Crippen LogP contribution >= 0.6 is 15.9 Å². The highest BCUT2D eigenvalue weighted by Crippen LogP contribution is 2.28. The SMILES string of the molecule is CC(C)c1ccc(-c2cc(C(=O)NN)c3cc(Br)ccc3n2)cc1. The molecule has 1 heterocycles. The molecule has 4 nitrogen and oxygen atoms in total. The first-order chi connectivity index (χ1) is 11.5. The van der Waals surface area contributed by atoms with E-state index in [1.54, 1.807) is 6.07 Å². The van der Waals surface area contributed by atoms with Gasteiger partial charge in [0.15, 0.2) is 0 Å². The number of hydrogen-bond acceptors (Lipinski definition) is 3. The van der Waals surface area contributed by atoms with Gasteiger partial charge in [0, 0.05) is 15.4 Å². The monoisotopic (exact) mass is 383 g/mol. The van der Waals surface area contributed by atoms with Crippen LogP contribution in [0.3, 0.4) is 0 Å². The summed E-state index contributed by atoms with van der Waals surface area (Å²) in [5.74, 6) is 5.48. The lowest BCUT2D eigenvalue weighted by Gasteiger charge is -2.11. The quantitative estimate of drug-likeness (QED) is 0.400. The van der Waals surface area contributed by atoms with E-state index >= 15 is 0 Å². The minimum absolute atomic E-state index is 0.333. The van der Waals surface area contributed by atoms with E-state index < -0.39 is 0 Å². The minimum atomic E-state index is -0.333. The van der Waals surface area contributed by atoms with E-state index in [1.807, 2.05) is 30.3 Å². The Morgan fingerprint density at radius 2 is 1.83 bits per heavy atom. The summed E-state index contributed by atoms with van der Waals surface area (Å²) in [6.45, 7) is 4.32. The van der Waals surface area contributed by atoms with Crippen molar-refractivity contribution >= 4 is 32.7 Å². The summed E-state index contributed by atoms with van der Waals surface area (Å²) in [5.41, 5.74) is 6.46. The van der Waals surface area contributed by atoms with E-state index in [1.165, 1.54) is 5.56 Å². The Kier molecular flexibility index (Phi) is 4.64. The van der Waals surface area contributed by atoms with Gasteiger partial charge >= 0.3 is 0 Å². The lowest BCUT2D eigenvalue weighted by Crippen LogP contribution is -2.30. The number of aromatic nitrogens is 1. The van der Waals surface area contributed by atoms with Crippen LogP contribution in [-0.4, -0.2) is 10.9 Å². The van der Waals surface area contributed by atoms with E-state index in [0.29, 0.717) is 11.5 Å². The second-order valence-electron chi connectivity index (χ2n) is 5.97. The molecule has 0 unspecified atom stereocenters.